The van der Waals surface area contributed by atoms with Gasteiger partial charge in [-0.3, -0.25) is 0 Å². The van der Waals surface area contributed by atoms with Crippen LogP contribution in [0.5, 0.6) is 11.5 Å². The summed E-state index contributed by atoms with van der Waals surface area (Å²) in [6.45, 7) is 1.61. The molecule has 19 heavy (non-hydrogen) atoms. The van der Waals surface area contributed by atoms with Gasteiger partial charge in [0.1, 0.15) is 22.3 Å². The average molecular weight is 345 g/mol. The summed E-state index contributed by atoms with van der Waals surface area (Å²) in [6, 6.07) is 4.27. The predicted octanol–water partition coefficient (Wildman–Crippen LogP) is 4.00. The van der Waals surface area contributed by atoms with Gasteiger partial charge in [0.15, 0.2) is 5.75 Å². The maximum absolute atomic E-state index is 13.6. The third-order valence-corrected chi connectivity index (χ3v) is 3.94. The van der Waals surface area contributed by atoms with Crippen LogP contribution in [0.2, 0.25) is 5.15 Å². The Labute approximate surface area is 122 Å². The molecule has 0 amide bonds. The molecule has 0 fully saturated rings. The van der Waals surface area contributed by atoms with E-state index in [-0.39, 0.29) is 15.4 Å². The Morgan fingerprint density at radius 3 is 2.74 bits per heavy atom. The van der Waals surface area contributed by atoms with Gasteiger partial charge in [0.25, 0.3) is 0 Å². The van der Waals surface area contributed by atoms with E-state index >= 15 is 0 Å². The Morgan fingerprint density at radius 1 is 1.32 bits per heavy atom. The van der Waals surface area contributed by atoms with Crippen LogP contribution in [0.25, 0.3) is 0 Å². The molecule has 0 radical (unpaired) electrons. The molecule has 98 valence electrons. The van der Waals surface area contributed by atoms with E-state index in [0.29, 0.717) is 16.9 Å². The number of pyridine rings is 1. The van der Waals surface area contributed by atoms with Gasteiger partial charge in [0, 0.05) is 17.2 Å². The summed E-state index contributed by atoms with van der Waals surface area (Å²) < 4.78 is 19.4. The van der Waals surface area contributed by atoms with Crippen molar-refractivity contribution in [3.8, 4) is 11.5 Å². The molecule has 0 spiro atoms. The highest BCUT2D eigenvalue weighted by Crippen LogP contribution is 2.47. The van der Waals surface area contributed by atoms with Gasteiger partial charge in [-0.1, -0.05) is 11.6 Å². The minimum atomic E-state index is -1.33. The molecular formula is C13H8BrClFNO2. The number of benzene rings is 1. The zero-order valence-corrected chi connectivity index (χ0v) is 12.1. The van der Waals surface area contributed by atoms with Gasteiger partial charge < -0.3 is 9.84 Å². The van der Waals surface area contributed by atoms with E-state index in [2.05, 4.69) is 20.9 Å². The number of rotatable bonds is 0. The van der Waals surface area contributed by atoms with Crippen molar-refractivity contribution in [3.05, 3.63) is 51.0 Å². The highest BCUT2D eigenvalue weighted by atomic mass is 79.9. The van der Waals surface area contributed by atoms with Crippen LogP contribution in [0, 0.1) is 5.82 Å². The molecule has 1 aromatic heterocycles. The van der Waals surface area contributed by atoms with Crippen molar-refractivity contribution in [1.82, 2.24) is 4.98 Å². The highest BCUT2D eigenvalue weighted by Gasteiger charge is 2.37. The molecule has 1 atom stereocenters. The lowest BCUT2D eigenvalue weighted by Gasteiger charge is -2.33. The largest absolute Gasteiger partial charge is 0.455 e. The lowest BCUT2D eigenvalue weighted by atomic mass is 9.86. The lowest BCUT2D eigenvalue weighted by Crippen LogP contribution is -2.27. The molecule has 2 aromatic rings. The maximum atomic E-state index is 13.6. The molecule has 3 rings (SSSR count). The molecule has 0 saturated heterocycles. The molecule has 0 aliphatic carbocycles. The van der Waals surface area contributed by atoms with Crippen molar-refractivity contribution in [2.45, 2.75) is 12.5 Å². The van der Waals surface area contributed by atoms with E-state index in [1.165, 1.54) is 24.4 Å². The van der Waals surface area contributed by atoms with Crippen molar-refractivity contribution in [2.75, 3.05) is 0 Å². The van der Waals surface area contributed by atoms with Crippen LogP contribution < -0.4 is 4.74 Å². The summed E-state index contributed by atoms with van der Waals surface area (Å²) >= 11 is 8.94. The number of hydrogen-bond donors (Lipinski definition) is 1. The van der Waals surface area contributed by atoms with Gasteiger partial charge in [-0.25, -0.2) is 9.37 Å². The fraction of sp³-hybridized carbons (Fsp3) is 0.154. The second-order valence-corrected chi connectivity index (χ2v) is 5.68. The third kappa shape index (κ3) is 1.93. The van der Waals surface area contributed by atoms with Crippen molar-refractivity contribution in [3.63, 3.8) is 0 Å². The van der Waals surface area contributed by atoms with Crippen molar-refractivity contribution < 1.29 is 14.2 Å². The van der Waals surface area contributed by atoms with E-state index in [0.717, 1.165) is 0 Å². The Morgan fingerprint density at radius 2 is 2.00 bits per heavy atom. The number of aromatic nitrogens is 1. The van der Waals surface area contributed by atoms with Gasteiger partial charge in [-0.2, -0.15) is 0 Å². The third-order valence-electron chi connectivity index (χ3n) is 3.13. The van der Waals surface area contributed by atoms with Gasteiger partial charge in [-0.05, 0) is 35.0 Å². The SMILES string of the molecule is CC1(O)c2cc(Cl)ncc2Oc2cc(F)c(Br)cc21. The fourth-order valence-corrected chi connectivity index (χ4v) is 2.64. The Hall–Kier alpha value is -1.17. The lowest BCUT2D eigenvalue weighted by molar-refractivity contribution is 0.0896. The van der Waals surface area contributed by atoms with E-state index in [1.54, 1.807) is 6.92 Å². The van der Waals surface area contributed by atoms with Crippen molar-refractivity contribution in [2.24, 2.45) is 0 Å². The fourth-order valence-electron chi connectivity index (χ4n) is 2.14. The molecule has 1 aliphatic rings. The molecule has 0 saturated carbocycles. The topological polar surface area (TPSA) is 42.4 Å². The Bertz CT molecular complexity index is 691. The first-order valence-corrected chi connectivity index (χ1v) is 6.62. The first kappa shape index (κ1) is 12.8. The quantitative estimate of drug-likeness (QED) is 0.735. The molecule has 0 bridgehead atoms. The van der Waals surface area contributed by atoms with Gasteiger partial charge in [0.2, 0.25) is 0 Å². The highest BCUT2D eigenvalue weighted by molar-refractivity contribution is 9.10. The van der Waals surface area contributed by atoms with Crippen molar-refractivity contribution in [1.29, 1.82) is 0 Å². The second kappa shape index (κ2) is 4.16. The smallest absolute Gasteiger partial charge is 0.152 e. The number of aliphatic hydroxyl groups is 1. The van der Waals surface area contributed by atoms with Gasteiger partial charge >= 0.3 is 0 Å². The molecule has 1 unspecified atom stereocenters. The zero-order chi connectivity index (χ0) is 13.8. The van der Waals surface area contributed by atoms with Crippen LogP contribution in [0.3, 0.4) is 0 Å². The van der Waals surface area contributed by atoms with Crippen LogP contribution in [0.1, 0.15) is 18.1 Å². The number of fused-ring (bicyclic) bond motifs is 2. The second-order valence-electron chi connectivity index (χ2n) is 4.44. The summed E-state index contributed by atoms with van der Waals surface area (Å²) in [4.78, 5) is 3.90. The molecule has 1 N–H and O–H groups in total. The van der Waals surface area contributed by atoms with Crippen LogP contribution in [-0.2, 0) is 5.60 Å². The summed E-state index contributed by atoms with van der Waals surface area (Å²) in [7, 11) is 0. The maximum Gasteiger partial charge on any atom is 0.152 e. The summed E-state index contributed by atoms with van der Waals surface area (Å²) in [5, 5.41) is 11.0. The molecular weight excluding hydrogens is 337 g/mol. The van der Waals surface area contributed by atoms with E-state index in [4.69, 9.17) is 16.3 Å². The average Bonchev–Trinajstić information content (AvgIpc) is 2.34. The molecule has 2 heterocycles. The molecule has 6 heteroatoms. The molecule has 3 nitrogen and oxygen atoms in total. The first-order valence-electron chi connectivity index (χ1n) is 5.45. The number of hydrogen-bond acceptors (Lipinski definition) is 3. The number of nitrogens with zero attached hydrogens (tertiary/aromatic N) is 1. The summed E-state index contributed by atoms with van der Waals surface area (Å²) in [6.07, 6.45) is 1.41. The standard InChI is InChI=1S/C13H8BrClFNO2/c1-13(18)6-2-8(14)9(16)4-10(6)19-11-5-17-12(15)3-7(11)13/h2-5,18H,1H3. The van der Waals surface area contributed by atoms with E-state index in [1.807, 2.05) is 0 Å². The summed E-state index contributed by atoms with van der Waals surface area (Å²) in [5.74, 6) is 0.172. The van der Waals surface area contributed by atoms with Crippen LogP contribution in [-0.4, -0.2) is 10.1 Å². The summed E-state index contributed by atoms with van der Waals surface area (Å²) in [5.41, 5.74) is -0.361. The molecule has 1 aliphatic heterocycles. The van der Waals surface area contributed by atoms with Gasteiger partial charge in [0.05, 0.1) is 10.7 Å². The normalized spacial score (nSPS) is 20.5. The predicted molar refractivity (Wildman–Crippen MR) is 72.1 cm³/mol. The minimum Gasteiger partial charge on any atom is -0.455 e. The zero-order valence-electron chi connectivity index (χ0n) is 9.75. The number of ether oxygens (including phenoxy) is 1. The minimum absolute atomic E-state index is 0.257. The van der Waals surface area contributed by atoms with Crippen LogP contribution >= 0.6 is 27.5 Å². The van der Waals surface area contributed by atoms with Gasteiger partial charge in [-0.15, -0.1) is 0 Å². The number of halogens is 3. The first-order chi connectivity index (χ1) is 8.89. The van der Waals surface area contributed by atoms with E-state index in [9.17, 15) is 9.50 Å². The Balaban J connectivity index is 2.27. The van der Waals surface area contributed by atoms with Crippen molar-refractivity contribution >= 4 is 27.5 Å². The van der Waals surface area contributed by atoms with E-state index < -0.39 is 11.4 Å². The monoisotopic (exact) mass is 343 g/mol. The Kier molecular flexibility index (Phi) is 2.81. The van der Waals surface area contributed by atoms with Crippen LogP contribution in [0.4, 0.5) is 4.39 Å². The van der Waals surface area contributed by atoms with Crippen LogP contribution in [0.15, 0.2) is 28.9 Å². The molecule has 1 aromatic carbocycles.